The van der Waals surface area contributed by atoms with Crippen LogP contribution < -0.4 is 15.8 Å². The molecule has 7 nitrogen and oxygen atoms in total. The Balaban J connectivity index is 1.48. The van der Waals surface area contributed by atoms with Crippen molar-refractivity contribution in [2.75, 3.05) is 11.1 Å². The van der Waals surface area contributed by atoms with Gasteiger partial charge in [-0.2, -0.15) is 5.10 Å². The van der Waals surface area contributed by atoms with Gasteiger partial charge in [0.1, 0.15) is 10.8 Å². The van der Waals surface area contributed by atoms with Gasteiger partial charge in [-0.3, -0.25) is 4.79 Å². The van der Waals surface area contributed by atoms with Gasteiger partial charge in [-0.1, -0.05) is 29.8 Å². The second-order valence-corrected chi connectivity index (χ2v) is 6.57. The fraction of sp³-hybridized carbons (Fsp3) is 0. The Morgan fingerprint density at radius 1 is 1.10 bits per heavy atom. The summed E-state index contributed by atoms with van der Waals surface area (Å²) < 4.78 is 21.5. The number of carbonyl (C=O) groups excluding carboxylic acids is 1. The van der Waals surface area contributed by atoms with Crippen LogP contribution in [0.5, 0.6) is 11.5 Å². The van der Waals surface area contributed by atoms with Gasteiger partial charge in [0.05, 0.1) is 5.69 Å². The van der Waals surface area contributed by atoms with E-state index in [9.17, 15) is 9.18 Å². The van der Waals surface area contributed by atoms with E-state index >= 15 is 0 Å². The molecular weight excluding hydrogens is 409 g/mol. The summed E-state index contributed by atoms with van der Waals surface area (Å²) in [5, 5.41) is 6.94. The van der Waals surface area contributed by atoms with Gasteiger partial charge in [-0.15, -0.1) is 0 Å². The van der Waals surface area contributed by atoms with E-state index < -0.39 is 11.7 Å². The molecule has 0 spiro atoms. The molecule has 4 rings (SSSR count). The summed E-state index contributed by atoms with van der Waals surface area (Å²) in [4.78, 5) is 16.3. The Hall–Kier alpha value is -3.91. The topological polar surface area (TPSA) is 95.1 Å². The van der Waals surface area contributed by atoms with Gasteiger partial charge in [0.15, 0.2) is 23.0 Å². The number of aromatic nitrogens is 3. The molecule has 9 heteroatoms. The average molecular weight is 424 g/mol. The molecule has 0 radical (unpaired) electrons. The van der Waals surface area contributed by atoms with Crippen molar-refractivity contribution < 1.29 is 13.9 Å². The molecule has 0 aliphatic heterocycles. The summed E-state index contributed by atoms with van der Waals surface area (Å²) in [6.45, 7) is 0. The minimum atomic E-state index is -0.686. The summed E-state index contributed by atoms with van der Waals surface area (Å²) in [6.07, 6.45) is 3.07. The Labute approximate surface area is 175 Å². The molecule has 0 saturated heterocycles. The first kappa shape index (κ1) is 19.4. The molecule has 150 valence electrons. The van der Waals surface area contributed by atoms with E-state index in [4.69, 9.17) is 22.1 Å². The first-order chi connectivity index (χ1) is 14.5. The largest absolute Gasteiger partial charge is 0.453 e. The number of hydrogen-bond donors (Lipinski definition) is 2. The van der Waals surface area contributed by atoms with Crippen LogP contribution in [0, 0.1) is 5.82 Å². The molecule has 30 heavy (non-hydrogen) atoms. The van der Waals surface area contributed by atoms with E-state index in [1.54, 1.807) is 16.9 Å². The quantitative estimate of drug-likeness (QED) is 0.485. The molecule has 1 amide bonds. The molecule has 2 heterocycles. The SMILES string of the molecule is Nc1nccc(Oc2ccc(NC(=O)c3ccn(-c4ccccc4)n3)cc2F)c1Cl. The van der Waals surface area contributed by atoms with Gasteiger partial charge in [-0.25, -0.2) is 14.1 Å². The lowest BCUT2D eigenvalue weighted by atomic mass is 10.2. The van der Waals surface area contributed by atoms with Crippen LogP contribution in [0.4, 0.5) is 15.9 Å². The average Bonchev–Trinajstić information content (AvgIpc) is 3.24. The Morgan fingerprint density at radius 2 is 1.90 bits per heavy atom. The van der Waals surface area contributed by atoms with Crippen LogP contribution in [-0.4, -0.2) is 20.7 Å². The number of nitrogen functional groups attached to an aromatic ring is 1. The van der Waals surface area contributed by atoms with Crippen molar-refractivity contribution >= 4 is 29.0 Å². The third-order valence-electron chi connectivity index (χ3n) is 4.13. The predicted molar refractivity (Wildman–Crippen MR) is 112 cm³/mol. The number of halogens is 2. The minimum absolute atomic E-state index is 0.0751. The third kappa shape index (κ3) is 4.08. The van der Waals surface area contributed by atoms with Crippen LogP contribution in [0.2, 0.25) is 5.02 Å². The van der Waals surface area contributed by atoms with Crippen molar-refractivity contribution in [3.8, 4) is 17.2 Å². The maximum atomic E-state index is 14.5. The highest BCUT2D eigenvalue weighted by molar-refractivity contribution is 6.34. The van der Waals surface area contributed by atoms with Crippen molar-refractivity contribution in [1.82, 2.24) is 14.8 Å². The third-order valence-corrected chi connectivity index (χ3v) is 4.51. The number of carbonyl (C=O) groups is 1. The number of anilines is 2. The second kappa shape index (κ2) is 8.22. The highest BCUT2D eigenvalue weighted by Crippen LogP contribution is 2.33. The standard InChI is InChI=1S/C21H15ClFN5O2/c22-19-18(8-10-25-20(19)24)30-17-7-6-13(12-15(17)23)26-21(29)16-9-11-28(27-16)14-4-2-1-3-5-14/h1-12H,(H2,24,25)(H,26,29). The summed E-state index contributed by atoms with van der Waals surface area (Å²) >= 11 is 6.01. The molecule has 0 unspecified atom stereocenters. The molecular formula is C21H15ClFN5O2. The Morgan fingerprint density at radius 3 is 2.67 bits per heavy atom. The van der Waals surface area contributed by atoms with Crippen LogP contribution >= 0.6 is 11.6 Å². The molecule has 4 aromatic rings. The summed E-state index contributed by atoms with van der Waals surface area (Å²) in [5.74, 6) is -0.981. The van der Waals surface area contributed by atoms with Gasteiger partial charge in [-0.05, 0) is 30.3 Å². The zero-order valence-corrected chi connectivity index (χ0v) is 16.2. The van der Waals surface area contributed by atoms with Gasteiger partial charge in [0.25, 0.3) is 5.91 Å². The highest BCUT2D eigenvalue weighted by Gasteiger charge is 2.14. The molecule has 2 aromatic carbocycles. The van der Waals surface area contributed by atoms with E-state index in [-0.39, 0.29) is 33.7 Å². The van der Waals surface area contributed by atoms with Crippen molar-refractivity contribution in [3.63, 3.8) is 0 Å². The number of rotatable bonds is 5. The molecule has 0 atom stereocenters. The molecule has 0 saturated carbocycles. The molecule has 0 bridgehead atoms. The molecule has 2 aromatic heterocycles. The van der Waals surface area contributed by atoms with Gasteiger partial charge in [0, 0.05) is 30.2 Å². The number of para-hydroxylation sites is 1. The summed E-state index contributed by atoms with van der Waals surface area (Å²) in [7, 11) is 0. The second-order valence-electron chi connectivity index (χ2n) is 6.19. The lowest BCUT2D eigenvalue weighted by Gasteiger charge is -2.10. The number of nitrogens with two attached hydrogens (primary N) is 1. The molecule has 3 N–H and O–H groups in total. The van der Waals surface area contributed by atoms with Crippen molar-refractivity contribution in [1.29, 1.82) is 0 Å². The van der Waals surface area contributed by atoms with Crippen LogP contribution in [-0.2, 0) is 0 Å². The summed E-state index contributed by atoms with van der Waals surface area (Å²) in [6, 6.07) is 16.4. The monoisotopic (exact) mass is 423 g/mol. The molecule has 0 aliphatic rings. The lowest BCUT2D eigenvalue weighted by molar-refractivity contribution is 0.102. The molecule has 0 fully saturated rings. The van der Waals surface area contributed by atoms with Crippen LogP contribution in [0.1, 0.15) is 10.5 Å². The van der Waals surface area contributed by atoms with Gasteiger partial charge >= 0.3 is 0 Å². The number of ether oxygens (including phenoxy) is 1. The Kier molecular flexibility index (Phi) is 5.32. The fourth-order valence-electron chi connectivity index (χ4n) is 2.66. The maximum Gasteiger partial charge on any atom is 0.276 e. The normalized spacial score (nSPS) is 10.6. The first-order valence-electron chi connectivity index (χ1n) is 8.81. The zero-order chi connectivity index (χ0) is 21.1. The molecule has 0 aliphatic carbocycles. The van der Waals surface area contributed by atoms with E-state index in [0.717, 1.165) is 11.8 Å². The maximum absolute atomic E-state index is 14.5. The van der Waals surface area contributed by atoms with Crippen LogP contribution in [0.15, 0.2) is 73.1 Å². The highest BCUT2D eigenvalue weighted by atomic mass is 35.5. The fourth-order valence-corrected chi connectivity index (χ4v) is 2.82. The van der Waals surface area contributed by atoms with E-state index in [1.165, 1.54) is 24.4 Å². The number of pyridine rings is 1. The number of benzene rings is 2. The van der Waals surface area contributed by atoms with E-state index in [0.29, 0.717) is 0 Å². The smallest absolute Gasteiger partial charge is 0.276 e. The number of amides is 1. The van der Waals surface area contributed by atoms with E-state index in [2.05, 4.69) is 15.4 Å². The summed E-state index contributed by atoms with van der Waals surface area (Å²) in [5.41, 5.74) is 6.88. The lowest BCUT2D eigenvalue weighted by Crippen LogP contribution is -2.13. The number of nitrogens with zero attached hydrogens (tertiary/aromatic N) is 3. The van der Waals surface area contributed by atoms with E-state index in [1.807, 2.05) is 30.3 Å². The van der Waals surface area contributed by atoms with Crippen LogP contribution in [0.25, 0.3) is 5.69 Å². The van der Waals surface area contributed by atoms with Crippen molar-refractivity contribution in [2.45, 2.75) is 0 Å². The number of nitrogens with one attached hydrogen (secondary N) is 1. The minimum Gasteiger partial charge on any atom is -0.453 e. The van der Waals surface area contributed by atoms with Gasteiger partial charge in [0.2, 0.25) is 0 Å². The van der Waals surface area contributed by atoms with Gasteiger partial charge < -0.3 is 15.8 Å². The zero-order valence-electron chi connectivity index (χ0n) is 15.4. The van der Waals surface area contributed by atoms with Crippen molar-refractivity contribution in [2.24, 2.45) is 0 Å². The van der Waals surface area contributed by atoms with Crippen LogP contribution in [0.3, 0.4) is 0 Å². The first-order valence-corrected chi connectivity index (χ1v) is 9.19. The predicted octanol–water partition coefficient (Wildman–Crippen LogP) is 4.69. The number of hydrogen-bond acceptors (Lipinski definition) is 5. The van der Waals surface area contributed by atoms with Crippen molar-refractivity contribution in [3.05, 3.63) is 89.6 Å². The Bertz CT molecular complexity index is 1210.